The summed E-state index contributed by atoms with van der Waals surface area (Å²) in [5.74, 6) is 0.443. The monoisotopic (exact) mass is 600 g/mol. The molecule has 0 saturated carbocycles. The Morgan fingerprint density at radius 1 is 0.738 bits per heavy atom. The summed E-state index contributed by atoms with van der Waals surface area (Å²) in [6, 6.07) is 30.6. The van der Waals surface area contributed by atoms with Crippen LogP contribution >= 0.6 is 23.2 Å². The van der Waals surface area contributed by atoms with Crippen molar-refractivity contribution in [2.24, 2.45) is 5.92 Å². The molecule has 0 spiro atoms. The topological polar surface area (TPSA) is 73.5 Å². The van der Waals surface area contributed by atoms with Gasteiger partial charge in [-0.05, 0) is 79.1 Å². The van der Waals surface area contributed by atoms with Gasteiger partial charge in [-0.3, -0.25) is 4.79 Å². The minimum absolute atomic E-state index is 0.166. The normalized spacial score (nSPS) is 13.4. The zero-order valence-electron chi connectivity index (χ0n) is 23.3. The highest BCUT2D eigenvalue weighted by molar-refractivity contribution is 6.42. The molecule has 1 saturated heterocycles. The molecule has 3 amide bonds. The highest BCUT2D eigenvalue weighted by Gasteiger charge is 2.24. The fraction of sp³-hybridized carbons (Fsp3) is 0.235. The lowest BCUT2D eigenvalue weighted by Crippen LogP contribution is -2.36. The van der Waals surface area contributed by atoms with Gasteiger partial charge in [0, 0.05) is 36.7 Å². The lowest BCUT2D eigenvalue weighted by molar-refractivity contribution is 0.0954. The van der Waals surface area contributed by atoms with E-state index >= 15 is 0 Å². The van der Waals surface area contributed by atoms with Crippen molar-refractivity contribution >= 4 is 52.2 Å². The number of carbonyl (C=O) groups is 2. The van der Waals surface area contributed by atoms with Crippen molar-refractivity contribution in [3.63, 3.8) is 0 Å². The van der Waals surface area contributed by atoms with Gasteiger partial charge in [-0.15, -0.1) is 0 Å². The number of halogens is 2. The second-order valence-corrected chi connectivity index (χ2v) is 11.4. The van der Waals surface area contributed by atoms with Crippen molar-refractivity contribution in [1.82, 2.24) is 5.32 Å². The number of anilines is 3. The Hall–Kier alpha value is -4.00. The minimum atomic E-state index is -0.446. The molecule has 5 rings (SSSR count). The van der Waals surface area contributed by atoms with Crippen LogP contribution in [0.3, 0.4) is 0 Å². The first-order chi connectivity index (χ1) is 20.4. The van der Waals surface area contributed by atoms with Crippen LogP contribution in [0.1, 0.15) is 34.3 Å². The van der Waals surface area contributed by atoms with Crippen molar-refractivity contribution in [1.29, 1.82) is 0 Å². The Morgan fingerprint density at radius 2 is 1.36 bits per heavy atom. The second-order valence-electron chi connectivity index (χ2n) is 10.6. The second kappa shape index (κ2) is 14.3. The first-order valence-corrected chi connectivity index (χ1v) is 15.0. The molecule has 0 atom stereocenters. The fourth-order valence-electron chi connectivity index (χ4n) is 5.32. The van der Waals surface area contributed by atoms with Crippen molar-refractivity contribution in [3.05, 3.63) is 124 Å². The molecule has 1 fully saturated rings. The maximum absolute atomic E-state index is 13.5. The number of nitrogens with one attached hydrogen (secondary N) is 3. The molecule has 4 aromatic rings. The van der Waals surface area contributed by atoms with Crippen molar-refractivity contribution in [3.8, 4) is 0 Å². The molecule has 42 heavy (non-hydrogen) atoms. The minimum Gasteiger partial charge on any atom is -0.371 e. The molecule has 0 unspecified atom stereocenters. The summed E-state index contributed by atoms with van der Waals surface area (Å²) >= 11 is 12.1. The summed E-state index contributed by atoms with van der Waals surface area (Å²) < 4.78 is 0. The van der Waals surface area contributed by atoms with E-state index in [1.807, 2.05) is 48.5 Å². The van der Waals surface area contributed by atoms with Gasteiger partial charge in [-0.25, -0.2) is 4.79 Å². The van der Waals surface area contributed by atoms with Crippen LogP contribution < -0.4 is 20.9 Å². The Morgan fingerprint density at radius 3 is 2.02 bits per heavy atom. The third-order valence-corrected chi connectivity index (χ3v) is 8.28. The summed E-state index contributed by atoms with van der Waals surface area (Å²) in [6.07, 6.45) is 3.90. The molecule has 1 aliphatic heterocycles. The van der Waals surface area contributed by atoms with Crippen LogP contribution in [0.15, 0.2) is 97.1 Å². The van der Waals surface area contributed by atoms with E-state index in [2.05, 4.69) is 45.1 Å². The van der Waals surface area contributed by atoms with Crippen LogP contribution in [0.2, 0.25) is 10.0 Å². The van der Waals surface area contributed by atoms with Gasteiger partial charge < -0.3 is 20.9 Å². The molecular formula is C34H34Cl2N4O2. The Labute approximate surface area is 257 Å². The fourth-order valence-corrected chi connectivity index (χ4v) is 5.62. The highest BCUT2D eigenvalue weighted by Crippen LogP contribution is 2.30. The van der Waals surface area contributed by atoms with Gasteiger partial charge in [-0.2, -0.15) is 0 Å². The molecular weight excluding hydrogens is 567 g/mol. The molecule has 4 aromatic carbocycles. The maximum atomic E-state index is 13.5. The van der Waals surface area contributed by atoms with Crippen LogP contribution in [0.25, 0.3) is 0 Å². The van der Waals surface area contributed by atoms with Crippen LogP contribution in [-0.2, 0) is 12.8 Å². The maximum Gasteiger partial charge on any atom is 0.323 e. The van der Waals surface area contributed by atoms with E-state index in [4.69, 9.17) is 23.2 Å². The summed E-state index contributed by atoms with van der Waals surface area (Å²) in [5, 5.41) is 9.43. The standard InChI is InChI=1S/C34H34Cl2N4O2/c35-30-13-11-28(23-31(30)36)39-34(42)38-27-12-14-32(29(22-27)33(41)37-18-15-24-7-3-1-4-8-24)40-19-16-26(17-20-40)21-25-9-5-2-6-10-25/h1-14,22-23,26H,15-21H2,(H,37,41)(H2,38,39,42). The average Bonchev–Trinajstić information content (AvgIpc) is 3.00. The number of hydrogen-bond acceptors (Lipinski definition) is 3. The number of hydrogen-bond donors (Lipinski definition) is 3. The summed E-state index contributed by atoms with van der Waals surface area (Å²) in [7, 11) is 0. The first-order valence-electron chi connectivity index (χ1n) is 14.2. The number of amides is 3. The average molecular weight is 602 g/mol. The van der Waals surface area contributed by atoms with Crippen LogP contribution in [-0.4, -0.2) is 31.6 Å². The van der Waals surface area contributed by atoms with Crippen LogP contribution in [0, 0.1) is 5.92 Å². The summed E-state index contributed by atoms with van der Waals surface area (Å²) in [5.41, 5.74) is 4.97. The third-order valence-electron chi connectivity index (χ3n) is 7.54. The molecule has 1 aliphatic rings. The van der Waals surface area contributed by atoms with Gasteiger partial charge in [-0.1, -0.05) is 83.9 Å². The number of carbonyl (C=O) groups excluding carboxylic acids is 2. The van der Waals surface area contributed by atoms with E-state index in [-0.39, 0.29) is 5.91 Å². The van der Waals surface area contributed by atoms with Crippen LogP contribution in [0.5, 0.6) is 0 Å². The SMILES string of the molecule is O=C(Nc1ccc(Cl)c(Cl)c1)Nc1ccc(N2CCC(Cc3ccccc3)CC2)c(C(=O)NCCc2ccccc2)c1. The number of nitrogens with zero attached hydrogens (tertiary/aromatic N) is 1. The Kier molecular flexibility index (Phi) is 10.0. The van der Waals surface area contributed by atoms with Gasteiger partial charge in [0.05, 0.1) is 15.6 Å². The van der Waals surface area contributed by atoms with Crippen molar-refractivity contribution in [2.75, 3.05) is 35.2 Å². The number of rotatable bonds is 9. The first kappa shape index (κ1) is 29.5. The highest BCUT2D eigenvalue weighted by atomic mass is 35.5. The van der Waals surface area contributed by atoms with E-state index in [9.17, 15) is 9.59 Å². The van der Waals surface area contributed by atoms with E-state index in [1.54, 1.807) is 24.3 Å². The molecule has 6 nitrogen and oxygen atoms in total. The largest absolute Gasteiger partial charge is 0.371 e. The van der Waals surface area contributed by atoms with Gasteiger partial charge >= 0.3 is 6.03 Å². The molecule has 3 N–H and O–H groups in total. The molecule has 8 heteroatoms. The predicted octanol–water partition coefficient (Wildman–Crippen LogP) is 8.07. The van der Waals surface area contributed by atoms with Gasteiger partial charge in [0.1, 0.15) is 0 Å². The van der Waals surface area contributed by atoms with Crippen molar-refractivity contribution < 1.29 is 9.59 Å². The van der Waals surface area contributed by atoms with E-state index < -0.39 is 6.03 Å². The lowest BCUT2D eigenvalue weighted by Gasteiger charge is -2.35. The Balaban J connectivity index is 1.28. The quantitative estimate of drug-likeness (QED) is 0.182. The number of urea groups is 1. The van der Waals surface area contributed by atoms with Crippen molar-refractivity contribution in [2.45, 2.75) is 25.7 Å². The zero-order valence-corrected chi connectivity index (χ0v) is 24.8. The summed E-state index contributed by atoms with van der Waals surface area (Å²) in [6.45, 7) is 2.25. The molecule has 0 aromatic heterocycles. The molecule has 1 heterocycles. The van der Waals surface area contributed by atoms with E-state index in [0.717, 1.165) is 50.0 Å². The number of benzene rings is 4. The molecule has 0 bridgehead atoms. The predicted molar refractivity (Wildman–Crippen MR) is 173 cm³/mol. The number of piperidine rings is 1. The van der Waals surface area contributed by atoms with E-state index in [0.29, 0.717) is 39.4 Å². The molecule has 0 aliphatic carbocycles. The molecule has 216 valence electrons. The lowest BCUT2D eigenvalue weighted by atomic mass is 9.89. The third kappa shape index (κ3) is 8.05. The van der Waals surface area contributed by atoms with Gasteiger partial charge in [0.25, 0.3) is 5.91 Å². The smallest absolute Gasteiger partial charge is 0.323 e. The zero-order chi connectivity index (χ0) is 29.3. The summed E-state index contributed by atoms with van der Waals surface area (Å²) in [4.78, 5) is 28.5. The molecule has 0 radical (unpaired) electrons. The van der Waals surface area contributed by atoms with Crippen LogP contribution in [0.4, 0.5) is 21.9 Å². The van der Waals surface area contributed by atoms with E-state index in [1.165, 1.54) is 5.56 Å². The Bertz CT molecular complexity index is 1510. The van der Waals surface area contributed by atoms with Gasteiger partial charge in [0.15, 0.2) is 0 Å². The van der Waals surface area contributed by atoms with Gasteiger partial charge in [0.2, 0.25) is 0 Å².